The first-order valence-electron chi connectivity index (χ1n) is 8.50. The lowest BCUT2D eigenvalue weighted by atomic mass is 10.1. The summed E-state index contributed by atoms with van der Waals surface area (Å²) in [6, 6.07) is 14.8. The summed E-state index contributed by atoms with van der Waals surface area (Å²) in [5, 5.41) is 4.54. The Balaban J connectivity index is 2.06. The summed E-state index contributed by atoms with van der Waals surface area (Å²) in [5.41, 5.74) is 3.42. The quantitative estimate of drug-likeness (QED) is 0.670. The van der Waals surface area contributed by atoms with Crippen molar-refractivity contribution in [1.29, 1.82) is 0 Å². The van der Waals surface area contributed by atoms with Gasteiger partial charge in [0, 0.05) is 11.6 Å². The Morgan fingerprint density at radius 3 is 2.19 bits per heavy atom. The molecule has 0 aliphatic heterocycles. The number of hydrogen-bond donors (Lipinski definition) is 0. The summed E-state index contributed by atoms with van der Waals surface area (Å²) >= 11 is 0. The minimum atomic E-state index is -0.158. The number of aryl methyl sites for hydroxylation is 1. The zero-order valence-corrected chi connectivity index (χ0v) is 15.9. The average molecular weight is 366 g/mol. The maximum atomic E-state index is 12.3. The van der Waals surface area contributed by atoms with E-state index in [0.717, 1.165) is 16.7 Å². The van der Waals surface area contributed by atoms with Crippen molar-refractivity contribution in [2.45, 2.75) is 13.5 Å². The number of nitrogens with zero attached hydrogens (tertiary/aromatic N) is 2. The van der Waals surface area contributed by atoms with Crippen molar-refractivity contribution in [3.05, 3.63) is 70.0 Å². The number of methoxy groups -OCH3 is 3. The molecule has 0 saturated carbocycles. The van der Waals surface area contributed by atoms with E-state index in [0.29, 0.717) is 29.5 Å². The lowest BCUT2D eigenvalue weighted by Crippen LogP contribution is -2.23. The normalized spacial score (nSPS) is 10.5. The molecule has 3 aromatic rings. The fourth-order valence-electron chi connectivity index (χ4n) is 2.89. The molecular formula is C21H22N2O4. The van der Waals surface area contributed by atoms with E-state index in [-0.39, 0.29) is 5.56 Å². The highest BCUT2D eigenvalue weighted by atomic mass is 16.5. The van der Waals surface area contributed by atoms with E-state index in [2.05, 4.69) is 5.10 Å². The van der Waals surface area contributed by atoms with Crippen molar-refractivity contribution in [2.24, 2.45) is 0 Å². The number of benzene rings is 2. The molecule has 1 heterocycles. The third-order valence-electron chi connectivity index (χ3n) is 4.41. The SMILES string of the molecule is COc1cc(-c2ccc(=O)n(Cc3ccccc3C)n2)cc(OC)c1OC. The zero-order chi connectivity index (χ0) is 19.4. The van der Waals surface area contributed by atoms with Crippen molar-refractivity contribution in [2.75, 3.05) is 21.3 Å². The second kappa shape index (κ2) is 7.95. The molecule has 0 bridgehead atoms. The minimum absolute atomic E-state index is 0.158. The molecule has 0 spiro atoms. The molecule has 0 radical (unpaired) electrons. The van der Waals surface area contributed by atoms with Crippen LogP contribution in [0.25, 0.3) is 11.3 Å². The van der Waals surface area contributed by atoms with Crippen LogP contribution in [0.2, 0.25) is 0 Å². The summed E-state index contributed by atoms with van der Waals surface area (Å²) < 4.78 is 17.6. The van der Waals surface area contributed by atoms with Crippen molar-refractivity contribution >= 4 is 0 Å². The van der Waals surface area contributed by atoms with Crippen LogP contribution in [0.1, 0.15) is 11.1 Å². The van der Waals surface area contributed by atoms with Gasteiger partial charge in [-0.1, -0.05) is 24.3 Å². The number of ether oxygens (including phenoxy) is 3. The van der Waals surface area contributed by atoms with Crippen LogP contribution in [-0.4, -0.2) is 31.1 Å². The van der Waals surface area contributed by atoms with Gasteiger partial charge in [0.1, 0.15) is 0 Å². The standard InChI is InChI=1S/C21H22N2O4/c1-14-7-5-6-8-15(14)13-23-20(24)10-9-17(22-23)16-11-18(25-2)21(27-4)19(12-16)26-3/h5-12H,13H2,1-4H3. The first-order valence-corrected chi connectivity index (χ1v) is 8.50. The smallest absolute Gasteiger partial charge is 0.267 e. The fraction of sp³-hybridized carbons (Fsp3) is 0.238. The van der Waals surface area contributed by atoms with Crippen LogP contribution in [0.3, 0.4) is 0 Å². The minimum Gasteiger partial charge on any atom is -0.493 e. The molecule has 2 aromatic carbocycles. The van der Waals surface area contributed by atoms with Gasteiger partial charge in [-0.25, -0.2) is 4.68 Å². The van der Waals surface area contributed by atoms with Crippen LogP contribution in [-0.2, 0) is 6.54 Å². The monoisotopic (exact) mass is 366 g/mol. The van der Waals surface area contributed by atoms with Crippen molar-refractivity contribution in [3.63, 3.8) is 0 Å². The van der Waals surface area contributed by atoms with Gasteiger partial charge in [-0.05, 0) is 36.2 Å². The van der Waals surface area contributed by atoms with Crippen molar-refractivity contribution < 1.29 is 14.2 Å². The van der Waals surface area contributed by atoms with E-state index in [4.69, 9.17) is 14.2 Å². The summed E-state index contributed by atoms with van der Waals surface area (Å²) in [7, 11) is 4.68. The molecule has 0 atom stereocenters. The lowest BCUT2D eigenvalue weighted by Gasteiger charge is -2.14. The van der Waals surface area contributed by atoms with E-state index >= 15 is 0 Å². The topological polar surface area (TPSA) is 62.6 Å². The molecule has 0 aliphatic rings. The molecule has 140 valence electrons. The summed E-state index contributed by atoms with van der Waals surface area (Å²) in [4.78, 5) is 12.3. The first kappa shape index (κ1) is 18.5. The molecule has 0 unspecified atom stereocenters. The molecule has 6 heteroatoms. The molecule has 0 amide bonds. The highest BCUT2D eigenvalue weighted by Gasteiger charge is 2.15. The maximum Gasteiger partial charge on any atom is 0.267 e. The van der Waals surface area contributed by atoms with Gasteiger partial charge in [-0.15, -0.1) is 0 Å². The summed E-state index contributed by atoms with van der Waals surface area (Å²) in [5.74, 6) is 1.58. The zero-order valence-electron chi connectivity index (χ0n) is 15.9. The Morgan fingerprint density at radius 2 is 1.59 bits per heavy atom. The van der Waals surface area contributed by atoms with E-state index in [1.807, 2.05) is 43.3 Å². The second-order valence-electron chi connectivity index (χ2n) is 6.05. The van der Waals surface area contributed by atoms with E-state index in [1.54, 1.807) is 27.4 Å². The Labute approximate surface area is 157 Å². The molecule has 6 nitrogen and oxygen atoms in total. The molecule has 1 aromatic heterocycles. The first-order chi connectivity index (χ1) is 13.1. The van der Waals surface area contributed by atoms with Crippen LogP contribution in [0.15, 0.2) is 53.3 Å². The molecule has 0 N–H and O–H groups in total. The van der Waals surface area contributed by atoms with E-state index in [9.17, 15) is 4.79 Å². The number of rotatable bonds is 6. The van der Waals surface area contributed by atoms with Gasteiger partial charge in [0.15, 0.2) is 11.5 Å². The van der Waals surface area contributed by atoms with E-state index < -0.39 is 0 Å². The van der Waals surface area contributed by atoms with Crippen molar-refractivity contribution in [1.82, 2.24) is 9.78 Å². The van der Waals surface area contributed by atoms with Gasteiger partial charge in [0.2, 0.25) is 5.75 Å². The van der Waals surface area contributed by atoms with Crippen LogP contribution < -0.4 is 19.8 Å². The summed E-state index contributed by atoms with van der Waals surface area (Å²) in [6.45, 7) is 2.42. The van der Waals surface area contributed by atoms with E-state index in [1.165, 1.54) is 10.7 Å². The molecule has 27 heavy (non-hydrogen) atoms. The number of aromatic nitrogens is 2. The lowest BCUT2D eigenvalue weighted by molar-refractivity contribution is 0.324. The predicted molar refractivity (Wildman–Crippen MR) is 104 cm³/mol. The summed E-state index contributed by atoms with van der Waals surface area (Å²) in [6.07, 6.45) is 0. The van der Waals surface area contributed by atoms with Gasteiger partial charge in [-0.3, -0.25) is 4.79 Å². The maximum absolute atomic E-state index is 12.3. The van der Waals surface area contributed by atoms with Crippen LogP contribution in [0, 0.1) is 6.92 Å². The highest BCUT2D eigenvalue weighted by molar-refractivity contribution is 5.68. The Morgan fingerprint density at radius 1 is 0.926 bits per heavy atom. The average Bonchev–Trinajstić information content (AvgIpc) is 2.70. The van der Waals surface area contributed by atoms with Gasteiger partial charge in [-0.2, -0.15) is 5.10 Å². The largest absolute Gasteiger partial charge is 0.493 e. The Hall–Kier alpha value is -3.28. The Kier molecular flexibility index (Phi) is 5.45. The number of hydrogen-bond acceptors (Lipinski definition) is 5. The van der Waals surface area contributed by atoms with Gasteiger partial charge in [0.05, 0.1) is 33.6 Å². The van der Waals surface area contributed by atoms with Gasteiger partial charge < -0.3 is 14.2 Å². The molecular weight excluding hydrogens is 344 g/mol. The van der Waals surface area contributed by atoms with Gasteiger partial charge in [0.25, 0.3) is 5.56 Å². The molecule has 0 fully saturated rings. The molecule has 3 rings (SSSR count). The van der Waals surface area contributed by atoms with Crippen LogP contribution in [0.5, 0.6) is 17.2 Å². The second-order valence-corrected chi connectivity index (χ2v) is 6.05. The van der Waals surface area contributed by atoms with Gasteiger partial charge >= 0.3 is 0 Å². The fourth-order valence-corrected chi connectivity index (χ4v) is 2.89. The van der Waals surface area contributed by atoms with Crippen LogP contribution in [0.4, 0.5) is 0 Å². The molecule has 0 aliphatic carbocycles. The van der Waals surface area contributed by atoms with Crippen LogP contribution >= 0.6 is 0 Å². The molecule has 0 saturated heterocycles. The predicted octanol–water partition coefficient (Wildman–Crippen LogP) is 3.29. The third-order valence-corrected chi connectivity index (χ3v) is 4.41. The Bertz CT molecular complexity index is 986. The third kappa shape index (κ3) is 3.79. The highest BCUT2D eigenvalue weighted by Crippen LogP contribution is 2.40. The van der Waals surface area contributed by atoms with Crippen molar-refractivity contribution in [3.8, 4) is 28.5 Å².